The molecule has 2 aliphatic rings. The maximum absolute atomic E-state index is 12.5. The molecule has 0 amide bonds. The topological polar surface area (TPSA) is 61.8 Å². The number of amidine groups is 1. The molecule has 0 saturated carbocycles. The molecule has 0 aliphatic carbocycles. The Morgan fingerprint density at radius 3 is 2.71 bits per heavy atom. The molecule has 6 heteroatoms. The third kappa shape index (κ3) is 2.99. The number of nitrogens with zero attached hydrogens (tertiary/aromatic N) is 2. The van der Waals surface area contributed by atoms with Gasteiger partial charge in [-0.3, -0.25) is 4.90 Å². The van der Waals surface area contributed by atoms with E-state index in [2.05, 4.69) is 57.1 Å². The Morgan fingerprint density at radius 1 is 1.00 bits per heavy atom. The first kappa shape index (κ1) is 17.4. The van der Waals surface area contributed by atoms with Crippen LogP contribution >= 0.6 is 0 Å². The first-order chi connectivity index (χ1) is 13.6. The molecule has 3 aromatic rings. The molecule has 3 aromatic carbocycles. The summed E-state index contributed by atoms with van der Waals surface area (Å²) in [4.78, 5) is 2.57. The van der Waals surface area contributed by atoms with Gasteiger partial charge < -0.3 is 5.32 Å². The number of anilines is 1. The second kappa shape index (κ2) is 6.72. The number of rotatable bonds is 3. The molecule has 142 valence electrons. The van der Waals surface area contributed by atoms with Gasteiger partial charge in [-0.15, -0.1) is 4.40 Å². The zero-order valence-electron chi connectivity index (χ0n) is 15.4. The third-order valence-corrected chi connectivity index (χ3v) is 6.95. The van der Waals surface area contributed by atoms with Crippen molar-refractivity contribution in [3.63, 3.8) is 0 Å². The number of benzene rings is 3. The van der Waals surface area contributed by atoms with Crippen LogP contribution in [0.1, 0.15) is 24.4 Å². The minimum Gasteiger partial charge on any atom is -0.341 e. The van der Waals surface area contributed by atoms with E-state index in [1.54, 1.807) is 18.2 Å². The summed E-state index contributed by atoms with van der Waals surface area (Å²) in [6.07, 6.45) is 2.15. The van der Waals surface area contributed by atoms with Crippen molar-refractivity contribution >= 4 is 32.3 Å². The van der Waals surface area contributed by atoms with Gasteiger partial charge in [0.05, 0.1) is 12.2 Å². The monoisotopic (exact) mass is 391 g/mol. The highest BCUT2D eigenvalue weighted by Crippen LogP contribution is 2.36. The number of nitrogens with one attached hydrogen (secondary N) is 1. The highest BCUT2D eigenvalue weighted by Gasteiger charge is 2.31. The Bertz CT molecular complexity index is 1180. The lowest BCUT2D eigenvalue weighted by atomic mass is 9.97. The molecular weight excluding hydrogens is 370 g/mol. The lowest BCUT2D eigenvalue weighted by Crippen LogP contribution is -2.35. The maximum Gasteiger partial charge on any atom is 0.286 e. The first-order valence-electron chi connectivity index (χ1n) is 9.53. The van der Waals surface area contributed by atoms with E-state index in [1.165, 1.54) is 16.3 Å². The molecule has 0 radical (unpaired) electrons. The van der Waals surface area contributed by atoms with Crippen LogP contribution < -0.4 is 5.32 Å². The van der Waals surface area contributed by atoms with Crippen molar-refractivity contribution in [1.82, 2.24) is 4.90 Å². The van der Waals surface area contributed by atoms with Crippen LogP contribution in [0, 0.1) is 0 Å². The number of hydrogen-bond acceptors (Lipinski definition) is 4. The fourth-order valence-corrected chi connectivity index (χ4v) is 5.48. The highest BCUT2D eigenvalue weighted by atomic mass is 32.2. The molecule has 1 saturated heterocycles. The summed E-state index contributed by atoms with van der Waals surface area (Å²) >= 11 is 0. The summed E-state index contributed by atoms with van der Waals surface area (Å²) in [5.74, 6) is 0.492. The minimum atomic E-state index is -3.65. The normalized spacial score (nSPS) is 21.1. The van der Waals surface area contributed by atoms with Crippen LogP contribution in [0.2, 0.25) is 0 Å². The van der Waals surface area contributed by atoms with E-state index in [1.807, 2.05) is 6.07 Å². The van der Waals surface area contributed by atoms with E-state index in [-0.39, 0.29) is 10.9 Å². The van der Waals surface area contributed by atoms with Crippen molar-refractivity contribution in [2.75, 3.05) is 18.4 Å². The third-order valence-electron chi connectivity index (χ3n) is 5.57. The van der Waals surface area contributed by atoms with Crippen LogP contribution in [0.25, 0.3) is 10.8 Å². The van der Waals surface area contributed by atoms with E-state index in [4.69, 9.17) is 0 Å². The van der Waals surface area contributed by atoms with Gasteiger partial charge in [-0.25, -0.2) is 0 Å². The highest BCUT2D eigenvalue weighted by molar-refractivity contribution is 7.90. The van der Waals surface area contributed by atoms with Crippen molar-refractivity contribution in [2.45, 2.75) is 23.8 Å². The zero-order chi connectivity index (χ0) is 19.1. The van der Waals surface area contributed by atoms with E-state index in [9.17, 15) is 8.42 Å². The minimum absolute atomic E-state index is 0.241. The first-order valence-corrected chi connectivity index (χ1v) is 11.0. The number of fused-ring (bicyclic) bond motifs is 2. The lowest BCUT2D eigenvalue weighted by molar-refractivity contribution is 0.295. The van der Waals surface area contributed by atoms with Gasteiger partial charge in [0.25, 0.3) is 10.0 Å². The molecule has 0 bridgehead atoms. The standard InChI is InChI=1S/C22H21N3O2S/c26-28(27)21-13-4-3-11-19(21)23-22(24-28)15-25-14-6-12-20(25)18-10-5-8-16-7-1-2-9-17(16)18/h1-5,7-11,13,20H,6,12,14-15H2,(H,23,24). The Labute approximate surface area is 164 Å². The van der Waals surface area contributed by atoms with Gasteiger partial charge in [0.15, 0.2) is 0 Å². The fraction of sp³-hybridized carbons (Fsp3) is 0.227. The van der Waals surface area contributed by atoms with Crippen molar-refractivity contribution in [1.29, 1.82) is 0 Å². The van der Waals surface area contributed by atoms with Crippen molar-refractivity contribution in [3.8, 4) is 0 Å². The summed E-state index contributed by atoms with van der Waals surface area (Å²) in [5, 5.41) is 5.71. The van der Waals surface area contributed by atoms with Crippen LogP contribution in [-0.4, -0.2) is 32.2 Å². The Kier molecular flexibility index (Phi) is 4.18. The van der Waals surface area contributed by atoms with Crippen LogP contribution in [0.4, 0.5) is 5.69 Å². The SMILES string of the molecule is O=S1(=O)N=C(CN2CCCC2c2cccc3ccccc23)Nc2ccccc21. The fourth-order valence-electron chi connectivity index (χ4n) is 4.34. The Balaban J connectivity index is 1.47. The molecule has 5 nitrogen and oxygen atoms in total. The molecule has 5 rings (SSSR count). The molecule has 2 aliphatic heterocycles. The lowest BCUT2D eigenvalue weighted by Gasteiger charge is -2.28. The van der Waals surface area contributed by atoms with E-state index in [0.717, 1.165) is 19.4 Å². The van der Waals surface area contributed by atoms with Crippen LogP contribution in [0.3, 0.4) is 0 Å². The second-order valence-corrected chi connectivity index (χ2v) is 8.90. The number of sulfonamides is 1. The average molecular weight is 391 g/mol. The quantitative estimate of drug-likeness (QED) is 0.727. The predicted octanol–water partition coefficient (Wildman–Crippen LogP) is 4.19. The predicted molar refractivity (Wildman–Crippen MR) is 112 cm³/mol. The molecular formula is C22H21N3O2S. The molecule has 0 aromatic heterocycles. The number of likely N-dealkylation sites (tertiary alicyclic amines) is 1. The molecule has 1 unspecified atom stereocenters. The summed E-state index contributed by atoms with van der Waals surface area (Å²) in [6, 6.07) is 22.0. The largest absolute Gasteiger partial charge is 0.341 e. The van der Waals surface area contributed by atoms with E-state index in [0.29, 0.717) is 18.1 Å². The van der Waals surface area contributed by atoms with Crippen LogP contribution in [-0.2, 0) is 10.0 Å². The average Bonchev–Trinajstić information content (AvgIpc) is 3.15. The second-order valence-electron chi connectivity index (χ2n) is 7.33. The van der Waals surface area contributed by atoms with Crippen molar-refractivity contribution in [3.05, 3.63) is 72.3 Å². The zero-order valence-corrected chi connectivity index (χ0v) is 16.2. The summed E-state index contributed by atoms with van der Waals surface area (Å²) in [6.45, 7) is 1.41. The molecule has 1 N–H and O–H groups in total. The van der Waals surface area contributed by atoms with Gasteiger partial charge in [-0.05, 0) is 47.9 Å². The summed E-state index contributed by atoms with van der Waals surface area (Å²) in [5.41, 5.74) is 1.91. The van der Waals surface area contributed by atoms with E-state index < -0.39 is 10.0 Å². The molecule has 0 spiro atoms. The Morgan fingerprint density at radius 2 is 1.79 bits per heavy atom. The van der Waals surface area contributed by atoms with E-state index >= 15 is 0 Å². The smallest absolute Gasteiger partial charge is 0.286 e. The molecule has 28 heavy (non-hydrogen) atoms. The summed E-state index contributed by atoms with van der Waals surface area (Å²) < 4.78 is 29.1. The van der Waals surface area contributed by atoms with Crippen LogP contribution in [0.15, 0.2) is 76.0 Å². The van der Waals surface area contributed by atoms with Gasteiger partial charge in [0.2, 0.25) is 0 Å². The van der Waals surface area contributed by atoms with Gasteiger partial charge in [0, 0.05) is 6.04 Å². The van der Waals surface area contributed by atoms with Gasteiger partial charge in [0.1, 0.15) is 10.7 Å². The van der Waals surface area contributed by atoms with Crippen molar-refractivity contribution < 1.29 is 8.42 Å². The molecule has 2 heterocycles. The van der Waals surface area contributed by atoms with Crippen molar-refractivity contribution in [2.24, 2.45) is 4.40 Å². The van der Waals surface area contributed by atoms with Crippen LogP contribution in [0.5, 0.6) is 0 Å². The maximum atomic E-state index is 12.5. The van der Waals surface area contributed by atoms with Gasteiger partial charge in [-0.1, -0.05) is 54.6 Å². The number of para-hydroxylation sites is 1. The summed E-state index contributed by atoms with van der Waals surface area (Å²) in [7, 11) is -3.65. The molecule has 1 fully saturated rings. The van der Waals surface area contributed by atoms with Gasteiger partial charge >= 0.3 is 0 Å². The molecule has 1 atom stereocenters. The number of hydrogen-bond donors (Lipinski definition) is 1. The Hall–Kier alpha value is -2.70. The van der Waals surface area contributed by atoms with Gasteiger partial charge in [-0.2, -0.15) is 8.42 Å².